The van der Waals surface area contributed by atoms with E-state index in [1.807, 2.05) is 29.9 Å². The van der Waals surface area contributed by atoms with Crippen LogP contribution in [0, 0.1) is 5.82 Å². The number of carbonyl (C=O) groups is 1. The summed E-state index contributed by atoms with van der Waals surface area (Å²) < 4.78 is 14.7. The average molecular weight is 246 g/mol. The molecule has 0 saturated heterocycles. The minimum absolute atomic E-state index is 0.0668. The van der Waals surface area contributed by atoms with Gasteiger partial charge in [0.05, 0.1) is 13.0 Å². The van der Waals surface area contributed by atoms with E-state index >= 15 is 0 Å². The van der Waals surface area contributed by atoms with Crippen molar-refractivity contribution in [3.63, 3.8) is 0 Å². The average Bonchev–Trinajstić information content (AvgIpc) is 2.75. The number of aromatic nitrogens is 1. The fourth-order valence-electron chi connectivity index (χ4n) is 1.72. The molecular formula is C14H15FN2O. The van der Waals surface area contributed by atoms with Crippen LogP contribution in [0.1, 0.15) is 11.3 Å². The number of nitrogens with zero attached hydrogens (tertiary/aromatic N) is 1. The number of hydrogen-bond acceptors (Lipinski definition) is 1. The molecule has 1 aromatic carbocycles. The van der Waals surface area contributed by atoms with E-state index in [1.165, 1.54) is 12.1 Å². The second kappa shape index (κ2) is 5.49. The zero-order chi connectivity index (χ0) is 13.0. The molecule has 0 aliphatic heterocycles. The van der Waals surface area contributed by atoms with Gasteiger partial charge >= 0.3 is 0 Å². The minimum Gasteiger partial charge on any atom is -0.353 e. The highest BCUT2D eigenvalue weighted by atomic mass is 19.1. The van der Waals surface area contributed by atoms with E-state index in [0.29, 0.717) is 6.54 Å². The van der Waals surface area contributed by atoms with Crippen LogP contribution in [0.15, 0.2) is 42.6 Å². The van der Waals surface area contributed by atoms with Crippen LogP contribution in [-0.4, -0.2) is 10.5 Å². The number of benzene rings is 1. The molecule has 0 fully saturated rings. The second-order valence-corrected chi connectivity index (χ2v) is 4.19. The fraction of sp³-hybridized carbons (Fsp3) is 0.214. The van der Waals surface area contributed by atoms with Gasteiger partial charge in [-0.05, 0) is 29.8 Å². The van der Waals surface area contributed by atoms with Gasteiger partial charge < -0.3 is 9.88 Å². The van der Waals surface area contributed by atoms with Gasteiger partial charge in [-0.3, -0.25) is 4.79 Å². The number of carbonyl (C=O) groups excluding carboxylic acids is 1. The molecule has 0 atom stereocenters. The molecule has 0 unspecified atom stereocenters. The summed E-state index contributed by atoms with van der Waals surface area (Å²) in [5, 5.41) is 2.84. The smallest absolute Gasteiger partial charge is 0.224 e. The van der Waals surface area contributed by atoms with Crippen LogP contribution >= 0.6 is 0 Å². The van der Waals surface area contributed by atoms with Crippen LogP contribution in [0.25, 0.3) is 0 Å². The van der Waals surface area contributed by atoms with Gasteiger partial charge in [0, 0.05) is 18.9 Å². The van der Waals surface area contributed by atoms with Crippen LogP contribution < -0.4 is 5.32 Å². The summed E-state index contributed by atoms with van der Waals surface area (Å²) in [5.74, 6) is -0.356. The van der Waals surface area contributed by atoms with E-state index < -0.39 is 0 Å². The van der Waals surface area contributed by atoms with Crippen LogP contribution in [0.4, 0.5) is 4.39 Å². The van der Waals surface area contributed by atoms with Crippen molar-refractivity contribution in [3.05, 3.63) is 59.7 Å². The SMILES string of the molecule is Cn1cccc1CNC(=O)Cc1ccc(F)cc1. The standard InChI is InChI=1S/C14H15FN2O/c1-17-8-2-3-13(17)10-16-14(18)9-11-4-6-12(15)7-5-11/h2-8H,9-10H2,1H3,(H,16,18). The maximum Gasteiger partial charge on any atom is 0.224 e. The Kier molecular flexibility index (Phi) is 3.77. The molecule has 4 heteroatoms. The molecule has 94 valence electrons. The molecule has 3 nitrogen and oxygen atoms in total. The number of nitrogens with one attached hydrogen (secondary N) is 1. The van der Waals surface area contributed by atoms with Gasteiger partial charge in [-0.1, -0.05) is 12.1 Å². The van der Waals surface area contributed by atoms with Crippen LogP contribution in [0.5, 0.6) is 0 Å². The first kappa shape index (κ1) is 12.4. The van der Waals surface area contributed by atoms with Crippen molar-refractivity contribution in [2.75, 3.05) is 0 Å². The summed E-state index contributed by atoms with van der Waals surface area (Å²) in [6.45, 7) is 0.504. The number of hydrogen-bond donors (Lipinski definition) is 1. The zero-order valence-electron chi connectivity index (χ0n) is 10.2. The molecule has 0 aliphatic rings. The Bertz CT molecular complexity index is 531. The Morgan fingerprint density at radius 3 is 2.61 bits per heavy atom. The molecule has 0 spiro atoms. The van der Waals surface area contributed by atoms with E-state index in [4.69, 9.17) is 0 Å². The first-order valence-electron chi connectivity index (χ1n) is 5.76. The van der Waals surface area contributed by atoms with E-state index in [1.54, 1.807) is 12.1 Å². The molecule has 1 amide bonds. The van der Waals surface area contributed by atoms with Crippen molar-refractivity contribution in [1.29, 1.82) is 0 Å². The number of rotatable bonds is 4. The monoisotopic (exact) mass is 246 g/mol. The Morgan fingerprint density at radius 2 is 2.00 bits per heavy atom. The summed E-state index contributed by atoms with van der Waals surface area (Å²) in [4.78, 5) is 11.7. The van der Waals surface area contributed by atoms with Gasteiger partial charge in [-0.15, -0.1) is 0 Å². The molecule has 1 aromatic heterocycles. The zero-order valence-corrected chi connectivity index (χ0v) is 10.2. The van der Waals surface area contributed by atoms with E-state index in [-0.39, 0.29) is 18.1 Å². The van der Waals surface area contributed by atoms with Crippen molar-refractivity contribution >= 4 is 5.91 Å². The molecule has 2 rings (SSSR count). The summed E-state index contributed by atoms with van der Waals surface area (Å²) >= 11 is 0. The third-order valence-electron chi connectivity index (χ3n) is 2.80. The van der Waals surface area contributed by atoms with E-state index in [9.17, 15) is 9.18 Å². The normalized spacial score (nSPS) is 10.3. The molecule has 1 N–H and O–H groups in total. The van der Waals surface area contributed by atoms with Crippen molar-refractivity contribution < 1.29 is 9.18 Å². The Morgan fingerprint density at radius 1 is 1.28 bits per heavy atom. The molecule has 18 heavy (non-hydrogen) atoms. The Labute approximate surface area is 105 Å². The number of aryl methyl sites for hydroxylation is 1. The quantitative estimate of drug-likeness (QED) is 0.880. The lowest BCUT2D eigenvalue weighted by atomic mass is 10.1. The lowest BCUT2D eigenvalue weighted by molar-refractivity contribution is -0.120. The molecule has 0 aliphatic carbocycles. The lowest BCUT2D eigenvalue weighted by Gasteiger charge is -2.06. The van der Waals surface area contributed by atoms with Crippen molar-refractivity contribution in [2.24, 2.45) is 7.05 Å². The highest BCUT2D eigenvalue weighted by Gasteiger charge is 2.04. The fourth-order valence-corrected chi connectivity index (χ4v) is 1.72. The molecule has 0 bridgehead atoms. The topological polar surface area (TPSA) is 34.0 Å². The Hall–Kier alpha value is -2.10. The van der Waals surface area contributed by atoms with E-state index in [0.717, 1.165) is 11.3 Å². The van der Waals surface area contributed by atoms with Crippen molar-refractivity contribution in [3.8, 4) is 0 Å². The summed E-state index contributed by atoms with van der Waals surface area (Å²) in [7, 11) is 1.93. The molecule has 1 heterocycles. The largest absolute Gasteiger partial charge is 0.353 e. The predicted molar refractivity (Wildman–Crippen MR) is 67.4 cm³/mol. The van der Waals surface area contributed by atoms with Crippen LogP contribution in [0.3, 0.4) is 0 Å². The maximum atomic E-state index is 12.7. The second-order valence-electron chi connectivity index (χ2n) is 4.19. The van der Waals surface area contributed by atoms with Crippen LogP contribution in [-0.2, 0) is 24.8 Å². The van der Waals surface area contributed by atoms with Gasteiger partial charge in [0.15, 0.2) is 0 Å². The first-order valence-corrected chi connectivity index (χ1v) is 5.76. The van der Waals surface area contributed by atoms with E-state index in [2.05, 4.69) is 5.32 Å². The molecule has 0 radical (unpaired) electrons. The van der Waals surface area contributed by atoms with Gasteiger partial charge in [0.2, 0.25) is 5.91 Å². The maximum absolute atomic E-state index is 12.7. The van der Waals surface area contributed by atoms with Gasteiger partial charge in [-0.2, -0.15) is 0 Å². The summed E-state index contributed by atoms with van der Waals surface area (Å²) in [5.41, 5.74) is 1.85. The number of halogens is 1. The van der Waals surface area contributed by atoms with Crippen LogP contribution in [0.2, 0.25) is 0 Å². The molecule has 0 saturated carbocycles. The third-order valence-corrected chi connectivity index (χ3v) is 2.80. The first-order chi connectivity index (χ1) is 8.65. The molecule has 2 aromatic rings. The van der Waals surface area contributed by atoms with Gasteiger partial charge in [0.25, 0.3) is 0 Å². The van der Waals surface area contributed by atoms with Gasteiger partial charge in [-0.25, -0.2) is 4.39 Å². The molecular weight excluding hydrogens is 231 g/mol. The highest BCUT2D eigenvalue weighted by Crippen LogP contribution is 2.04. The third kappa shape index (κ3) is 3.20. The summed E-state index contributed by atoms with van der Waals surface area (Å²) in [6.07, 6.45) is 2.20. The lowest BCUT2D eigenvalue weighted by Crippen LogP contribution is -2.25. The van der Waals surface area contributed by atoms with Crippen molar-refractivity contribution in [2.45, 2.75) is 13.0 Å². The van der Waals surface area contributed by atoms with Crippen molar-refractivity contribution in [1.82, 2.24) is 9.88 Å². The predicted octanol–water partition coefficient (Wildman–Crippen LogP) is 2.02. The highest BCUT2D eigenvalue weighted by molar-refractivity contribution is 5.78. The Balaban J connectivity index is 1.86. The summed E-state index contributed by atoms with van der Waals surface area (Å²) in [6, 6.07) is 9.86. The number of amides is 1. The van der Waals surface area contributed by atoms with Gasteiger partial charge in [0.1, 0.15) is 5.82 Å². The minimum atomic E-state index is -0.289.